The van der Waals surface area contributed by atoms with Crippen LogP contribution in [0.15, 0.2) is 34.3 Å². The third-order valence-corrected chi connectivity index (χ3v) is 3.15. The van der Waals surface area contributed by atoms with Gasteiger partial charge in [0.2, 0.25) is 5.96 Å². The fourth-order valence-electron chi connectivity index (χ4n) is 2.11. The summed E-state index contributed by atoms with van der Waals surface area (Å²) >= 11 is 0. The zero-order valence-electron chi connectivity index (χ0n) is 12.2. The highest BCUT2D eigenvalue weighted by molar-refractivity contribution is 5.93. The van der Waals surface area contributed by atoms with Crippen LogP contribution in [0, 0.1) is 0 Å². The molecule has 1 amide bonds. The van der Waals surface area contributed by atoms with Gasteiger partial charge in [0.15, 0.2) is 12.6 Å². The lowest BCUT2D eigenvalue weighted by atomic mass is 10.3. The van der Waals surface area contributed by atoms with Gasteiger partial charge in [-0.25, -0.2) is 4.99 Å². The van der Waals surface area contributed by atoms with Gasteiger partial charge in [-0.2, -0.15) is 4.99 Å². The predicted octanol–water partition coefficient (Wildman–Crippen LogP) is -0.0926. The second-order valence-electron chi connectivity index (χ2n) is 4.88. The number of amides is 1. The van der Waals surface area contributed by atoms with E-state index in [4.69, 9.17) is 21.9 Å². The van der Waals surface area contributed by atoms with Crippen molar-refractivity contribution in [3.05, 3.63) is 24.3 Å². The van der Waals surface area contributed by atoms with Crippen LogP contribution in [0.5, 0.6) is 5.75 Å². The first-order valence-corrected chi connectivity index (χ1v) is 6.99. The van der Waals surface area contributed by atoms with E-state index >= 15 is 0 Å². The summed E-state index contributed by atoms with van der Waals surface area (Å²) in [5, 5.41) is 0. The minimum Gasteiger partial charge on any atom is -0.484 e. The number of rotatable bonds is 4. The molecule has 0 unspecified atom stereocenters. The SMILES string of the molecule is NC(N)=NC(N)=Nc1ccc(OCC(=O)N2CCCC2)cc1. The molecule has 0 radical (unpaired) electrons. The Balaban J connectivity index is 1.89. The van der Waals surface area contributed by atoms with E-state index in [1.165, 1.54) is 0 Å². The van der Waals surface area contributed by atoms with Crippen LogP contribution in [0.25, 0.3) is 0 Å². The minimum atomic E-state index is -0.151. The van der Waals surface area contributed by atoms with Crippen molar-refractivity contribution < 1.29 is 9.53 Å². The van der Waals surface area contributed by atoms with Crippen molar-refractivity contribution in [2.45, 2.75) is 12.8 Å². The van der Waals surface area contributed by atoms with Gasteiger partial charge in [0.05, 0.1) is 5.69 Å². The van der Waals surface area contributed by atoms with E-state index in [0.29, 0.717) is 11.4 Å². The van der Waals surface area contributed by atoms with Crippen LogP contribution in [0.1, 0.15) is 12.8 Å². The maximum atomic E-state index is 11.9. The number of carbonyl (C=O) groups excluding carboxylic acids is 1. The Morgan fingerprint density at radius 1 is 1.14 bits per heavy atom. The quantitative estimate of drug-likeness (QED) is 0.528. The average molecular weight is 304 g/mol. The molecule has 1 aromatic carbocycles. The molecule has 2 rings (SSSR count). The number of benzene rings is 1. The van der Waals surface area contributed by atoms with Crippen molar-refractivity contribution in [1.29, 1.82) is 0 Å². The van der Waals surface area contributed by atoms with Gasteiger partial charge in [-0.3, -0.25) is 4.79 Å². The first-order chi connectivity index (χ1) is 10.5. The Hall–Kier alpha value is -2.77. The fraction of sp³-hybridized carbons (Fsp3) is 0.357. The highest BCUT2D eigenvalue weighted by atomic mass is 16.5. The largest absolute Gasteiger partial charge is 0.484 e. The maximum absolute atomic E-state index is 11.9. The molecule has 1 aliphatic rings. The fourth-order valence-corrected chi connectivity index (χ4v) is 2.11. The molecule has 8 nitrogen and oxygen atoms in total. The molecule has 1 saturated heterocycles. The Labute approximate surface area is 128 Å². The minimum absolute atomic E-state index is 0.0107. The monoisotopic (exact) mass is 304 g/mol. The average Bonchev–Trinajstić information content (AvgIpc) is 2.99. The van der Waals surface area contributed by atoms with E-state index in [1.54, 1.807) is 24.3 Å². The van der Waals surface area contributed by atoms with Crippen molar-refractivity contribution in [2.75, 3.05) is 19.7 Å². The van der Waals surface area contributed by atoms with Gasteiger partial charge >= 0.3 is 0 Å². The van der Waals surface area contributed by atoms with Gasteiger partial charge < -0.3 is 26.8 Å². The first-order valence-electron chi connectivity index (χ1n) is 6.99. The van der Waals surface area contributed by atoms with Gasteiger partial charge in [0, 0.05) is 13.1 Å². The van der Waals surface area contributed by atoms with Gasteiger partial charge in [0.25, 0.3) is 5.91 Å². The Kier molecular flexibility index (Phi) is 5.18. The van der Waals surface area contributed by atoms with Crippen molar-refractivity contribution in [2.24, 2.45) is 27.2 Å². The van der Waals surface area contributed by atoms with Gasteiger partial charge in [-0.05, 0) is 37.1 Å². The van der Waals surface area contributed by atoms with E-state index in [0.717, 1.165) is 25.9 Å². The molecule has 0 bridgehead atoms. The number of nitrogens with zero attached hydrogens (tertiary/aromatic N) is 3. The number of aliphatic imine (C=N–C) groups is 2. The summed E-state index contributed by atoms with van der Waals surface area (Å²) < 4.78 is 5.47. The summed E-state index contributed by atoms with van der Waals surface area (Å²) in [4.78, 5) is 21.3. The van der Waals surface area contributed by atoms with E-state index < -0.39 is 0 Å². The maximum Gasteiger partial charge on any atom is 0.260 e. The molecule has 0 saturated carbocycles. The molecule has 0 spiro atoms. The number of nitrogens with two attached hydrogens (primary N) is 3. The highest BCUT2D eigenvalue weighted by Crippen LogP contribution is 2.18. The third-order valence-electron chi connectivity index (χ3n) is 3.15. The molecule has 0 aliphatic carbocycles. The molecule has 0 aromatic heterocycles. The summed E-state index contributed by atoms with van der Waals surface area (Å²) in [6.07, 6.45) is 2.13. The predicted molar refractivity (Wildman–Crippen MR) is 84.8 cm³/mol. The van der Waals surface area contributed by atoms with Crippen LogP contribution < -0.4 is 21.9 Å². The molecule has 6 N–H and O–H groups in total. The van der Waals surface area contributed by atoms with Crippen molar-refractivity contribution in [3.63, 3.8) is 0 Å². The van der Waals surface area contributed by atoms with Crippen molar-refractivity contribution in [3.8, 4) is 5.75 Å². The van der Waals surface area contributed by atoms with E-state index in [9.17, 15) is 4.79 Å². The normalized spacial score (nSPS) is 14.7. The summed E-state index contributed by atoms with van der Waals surface area (Å²) in [6, 6.07) is 6.81. The molecule has 1 heterocycles. The Bertz CT molecular complexity index is 572. The molecule has 0 atom stereocenters. The van der Waals surface area contributed by atoms with Crippen LogP contribution in [-0.2, 0) is 4.79 Å². The summed E-state index contributed by atoms with van der Waals surface area (Å²) in [5.74, 6) is 0.419. The lowest BCUT2D eigenvalue weighted by Crippen LogP contribution is -2.32. The van der Waals surface area contributed by atoms with Crippen LogP contribution >= 0.6 is 0 Å². The molecular formula is C14H20N6O2. The zero-order valence-corrected chi connectivity index (χ0v) is 12.2. The number of likely N-dealkylation sites (tertiary alicyclic amines) is 1. The molecule has 8 heteroatoms. The van der Waals surface area contributed by atoms with E-state index in [-0.39, 0.29) is 24.4 Å². The summed E-state index contributed by atoms with van der Waals surface area (Å²) in [7, 11) is 0. The first kappa shape index (κ1) is 15.6. The van der Waals surface area contributed by atoms with Crippen LogP contribution in [0.3, 0.4) is 0 Å². The molecule has 1 aromatic rings. The third kappa shape index (κ3) is 4.65. The number of guanidine groups is 2. The molecule has 118 valence electrons. The zero-order chi connectivity index (χ0) is 15.9. The van der Waals surface area contributed by atoms with Crippen LogP contribution in [-0.4, -0.2) is 42.4 Å². The number of ether oxygens (including phenoxy) is 1. The lowest BCUT2D eigenvalue weighted by molar-refractivity contribution is -0.132. The number of hydrogen-bond donors (Lipinski definition) is 3. The van der Waals surface area contributed by atoms with E-state index in [1.807, 2.05) is 4.90 Å². The summed E-state index contributed by atoms with van der Waals surface area (Å²) in [6.45, 7) is 1.68. The molecule has 1 fully saturated rings. The lowest BCUT2D eigenvalue weighted by Gasteiger charge is -2.15. The number of hydrogen-bond acceptors (Lipinski definition) is 3. The van der Waals surface area contributed by atoms with Crippen LogP contribution in [0.2, 0.25) is 0 Å². The van der Waals surface area contributed by atoms with Crippen LogP contribution in [0.4, 0.5) is 5.69 Å². The second kappa shape index (κ2) is 7.30. The van der Waals surface area contributed by atoms with Gasteiger partial charge in [-0.15, -0.1) is 0 Å². The Morgan fingerprint density at radius 3 is 2.36 bits per heavy atom. The van der Waals surface area contributed by atoms with Crippen molar-refractivity contribution in [1.82, 2.24) is 4.90 Å². The smallest absolute Gasteiger partial charge is 0.260 e. The Morgan fingerprint density at radius 2 is 1.77 bits per heavy atom. The highest BCUT2D eigenvalue weighted by Gasteiger charge is 2.17. The van der Waals surface area contributed by atoms with Gasteiger partial charge in [-0.1, -0.05) is 0 Å². The standard InChI is InChI=1S/C14H20N6O2/c15-13(16)19-14(17)18-10-3-5-11(6-4-10)22-9-12(21)20-7-1-2-8-20/h3-6H,1-2,7-9H2,(H6,15,16,17,18,19). The molecular weight excluding hydrogens is 284 g/mol. The molecule has 1 aliphatic heterocycles. The summed E-state index contributed by atoms with van der Waals surface area (Å²) in [5.41, 5.74) is 16.5. The molecule has 22 heavy (non-hydrogen) atoms. The van der Waals surface area contributed by atoms with Gasteiger partial charge in [0.1, 0.15) is 5.75 Å². The second-order valence-corrected chi connectivity index (χ2v) is 4.88. The van der Waals surface area contributed by atoms with E-state index in [2.05, 4.69) is 9.98 Å². The topological polar surface area (TPSA) is 132 Å². The van der Waals surface area contributed by atoms with Crippen molar-refractivity contribution >= 4 is 23.5 Å². The number of carbonyl (C=O) groups is 1.